The molecule has 2 atom stereocenters. The van der Waals surface area contributed by atoms with Crippen LogP contribution in [0.4, 0.5) is 0 Å². The summed E-state index contributed by atoms with van der Waals surface area (Å²) < 4.78 is 5.26. The van der Waals surface area contributed by atoms with Gasteiger partial charge in [-0.25, -0.2) is 4.98 Å². The van der Waals surface area contributed by atoms with Crippen molar-refractivity contribution in [3.63, 3.8) is 0 Å². The molecule has 0 saturated carbocycles. The molecule has 1 fully saturated rings. The lowest BCUT2D eigenvalue weighted by molar-refractivity contribution is -0.145. The quantitative estimate of drug-likeness (QED) is 0.320. The van der Waals surface area contributed by atoms with Gasteiger partial charge in [0.2, 0.25) is 0 Å². The fraction of sp³-hybridized carbons (Fsp3) is 0.690. The van der Waals surface area contributed by atoms with Gasteiger partial charge in [0.15, 0.2) is 0 Å². The summed E-state index contributed by atoms with van der Waals surface area (Å²) in [5.41, 5.74) is 0.634. The van der Waals surface area contributed by atoms with Crippen LogP contribution in [0.2, 0.25) is 0 Å². The molecule has 0 amide bonds. The summed E-state index contributed by atoms with van der Waals surface area (Å²) in [4.78, 5) is 28.7. The van der Waals surface area contributed by atoms with E-state index in [2.05, 4.69) is 30.1 Å². The predicted molar refractivity (Wildman–Crippen MR) is 149 cm³/mol. The second-order valence-corrected chi connectivity index (χ2v) is 10.6. The van der Waals surface area contributed by atoms with Gasteiger partial charge >= 0.3 is 5.97 Å². The molecule has 0 aliphatic carbocycles. The van der Waals surface area contributed by atoms with Crippen molar-refractivity contribution < 1.29 is 19.4 Å². The zero-order valence-corrected chi connectivity index (χ0v) is 24.0. The average molecular weight is 508 g/mol. The maximum Gasteiger partial charge on any atom is 0.305 e. The lowest BCUT2D eigenvalue weighted by atomic mass is 9.75. The van der Waals surface area contributed by atoms with Gasteiger partial charge in [0.25, 0.3) is 0 Å². The van der Waals surface area contributed by atoms with Crippen LogP contribution in [0.25, 0.3) is 6.08 Å². The Kier molecular flexibility index (Phi) is 21.4. The molecule has 1 aliphatic heterocycles. The van der Waals surface area contributed by atoms with Gasteiger partial charge in [-0.2, -0.15) is 0 Å². The van der Waals surface area contributed by atoms with Gasteiger partial charge in [0.05, 0.1) is 17.3 Å². The number of carbonyl (C=O) groups is 2. The summed E-state index contributed by atoms with van der Waals surface area (Å²) in [6.07, 6.45) is 20.9. The average Bonchev–Trinajstić information content (AvgIpc) is 3.26. The molecule has 0 unspecified atom stereocenters. The minimum absolute atomic E-state index is 0.0777. The third kappa shape index (κ3) is 17.2. The summed E-state index contributed by atoms with van der Waals surface area (Å²) in [6, 6.07) is 0. The number of terminal acetylenes is 1. The number of allylic oxidation sites excluding steroid dienone is 1. The van der Waals surface area contributed by atoms with Crippen LogP contribution in [-0.2, 0) is 14.3 Å². The number of aliphatic hydroxyl groups excluding tert-OH is 1. The van der Waals surface area contributed by atoms with E-state index in [-0.39, 0.29) is 11.9 Å². The lowest BCUT2D eigenvalue weighted by Gasteiger charge is -2.28. The van der Waals surface area contributed by atoms with Gasteiger partial charge in [-0.1, -0.05) is 65.9 Å². The van der Waals surface area contributed by atoms with E-state index >= 15 is 0 Å². The van der Waals surface area contributed by atoms with Crippen LogP contribution < -0.4 is 0 Å². The number of cyclic esters (lactones) is 1. The van der Waals surface area contributed by atoms with E-state index in [1.807, 2.05) is 46.8 Å². The highest BCUT2D eigenvalue weighted by Gasteiger charge is 2.32. The number of ether oxygens (including phenoxy) is 1. The summed E-state index contributed by atoms with van der Waals surface area (Å²) in [6.45, 7) is 12.8. The molecule has 1 aromatic heterocycles. The van der Waals surface area contributed by atoms with Crippen molar-refractivity contribution in [3.05, 3.63) is 22.2 Å². The molecule has 1 saturated heterocycles. The third-order valence-corrected chi connectivity index (χ3v) is 6.69. The molecular formula is C29H49NO4S. The van der Waals surface area contributed by atoms with E-state index in [0.717, 1.165) is 37.1 Å². The zero-order chi connectivity index (χ0) is 27.3. The van der Waals surface area contributed by atoms with Gasteiger partial charge < -0.3 is 9.84 Å². The van der Waals surface area contributed by atoms with E-state index in [4.69, 9.17) is 9.84 Å². The number of hydrogen-bond donors (Lipinski definition) is 1. The van der Waals surface area contributed by atoms with Crippen molar-refractivity contribution in [2.45, 2.75) is 99.3 Å². The maximum atomic E-state index is 12.7. The van der Waals surface area contributed by atoms with Crippen molar-refractivity contribution in [3.8, 4) is 12.8 Å². The minimum atomic E-state index is -0.435. The zero-order valence-electron chi connectivity index (χ0n) is 23.1. The maximum absolute atomic E-state index is 12.7. The number of nitrogens with zero attached hydrogens (tertiary/aromatic N) is 1. The lowest BCUT2D eigenvalue weighted by Crippen LogP contribution is -2.31. The number of aromatic nitrogens is 1. The van der Waals surface area contributed by atoms with Crippen LogP contribution in [0.5, 0.6) is 0 Å². The molecule has 6 heteroatoms. The Balaban J connectivity index is 0. The number of esters is 1. The number of rotatable bonds is 1. The van der Waals surface area contributed by atoms with Gasteiger partial charge in [-0.05, 0) is 45.1 Å². The number of carbonyl (C=O) groups excluding carboxylic acids is 2. The van der Waals surface area contributed by atoms with Crippen LogP contribution in [-0.4, -0.2) is 35.6 Å². The fourth-order valence-electron chi connectivity index (χ4n) is 4.04. The summed E-state index contributed by atoms with van der Waals surface area (Å²) in [7, 11) is 1.00. The van der Waals surface area contributed by atoms with Gasteiger partial charge in [-0.3, -0.25) is 9.59 Å². The predicted octanol–water partition coefficient (Wildman–Crippen LogP) is 7.26. The van der Waals surface area contributed by atoms with E-state index < -0.39 is 5.41 Å². The Morgan fingerprint density at radius 3 is 2.29 bits per heavy atom. The van der Waals surface area contributed by atoms with Gasteiger partial charge in [-0.15, -0.1) is 24.2 Å². The van der Waals surface area contributed by atoms with E-state index in [0.29, 0.717) is 31.1 Å². The summed E-state index contributed by atoms with van der Waals surface area (Å²) in [5, 5.41) is 10.2. The Hall–Kier alpha value is -1.97. The van der Waals surface area contributed by atoms with Crippen molar-refractivity contribution in [1.29, 1.82) is 0 Å². The molecule has 200 valence electrons. The number of hydrogen-bond acceptors (Lipinski definition) is 6. The molecule has 35 heavy (non-hydrogen) atoms. The Morgan fingerprint density at radius 1 is 1.11 bits per heavy atom. The van der Waals surface area contributed by atoms with Crippen LogP contribution in [0.1, 0.15) is 103 Å². The summed E-state index contributed by atoms with van der Waals surface area (Å²) >= 11 is 1.68. The van der Waals surface area contributed by atoms with Crippen molar-refractivity contribution in [2.24, 2.45) is 17.3 Å². The Morgan fingerprint density at radius 2 is 1.71 bits per heavy atom. The highest BCUT2D eigenvalue weighted by atomic mass is 32.1. The molecule has 1 aliphatic rings. The normalized spacial score (nSPS) is 21.8. The molecule has 2 rings (SSSR count). The number of thiazole rings is 1. The first-order valence-electron chi connectivity index (χ1n) is 12.7. The monoisotopic (exact) mass is 507 g/mol. The first-order chi connectivity index (χ1) is 16.7. The highest BCUT2D eigenvalue weighted by Crippen LogP contribution is 2.31. The molecule has 1 N–H and O–H groups in total. The molecule has 1 aromatic rings. The first kappa shape index (κ1) is 35.2. The second-order valence-electron chi connectivity index (χ2n) is 9.56. The topological polar surface area (TPSA) is 76.5 Å². The molecule has 0 spiro atoms. The molecule has 0 bridgehead atoms. The molecule has 0 radical (unpaired) electrons. The minimum Gasteiger partial charge on any atom is -0.466 e. The summed E-state index contributed by atoms with van der Waals surface area (Å²) in [5.74, 6) is 0.815. The van der Waals surface area contributed by atoms with Crippen LogP contribution in [0.15, 0.2) is 11.5 Å². The van der Waals surface area contributed by atoms with Gasteiger partial charge in [0.1, 0.15) is 5.78 Å². The van der Waals surface area contributed by atoms with E-state index in [1.54, 1.807) is 11.3 Å². The van der Waals surface area contributed by atoms with E-state index in [1.165, 1.54) is 25.7 Å². The van der Waals surface area contributed by atoms with Crippen LogP contribution in [0, 0.1) is 37.0 Å². The second kappa shape index (κ2) is 21.3. The molecule has 2 heterocycles. The van der Waals surface area contributed by atoms with Gasteiger partial charge in [0, 0.05) is 30.2 Å². The van der Waals surface area contributed by atoms with Crippen molar-refractivity contribution in [2.75, 3.05) is 13.7 Å². The number of Topliss-reactive ketones (excluding diaryl/α,β-unsaturated/α-hetero) is 1. The molecular weight excluding hydrogens is 458 g/mol. The number of ketones is 1. The Labute approximate surface area is 218 Å². The smallest absolute Gasteiger partial charge is 0.305 e. The highest BCUT2D eigenvalue weighted by molar-refractivity contribution is 7.09. The standard InChI is InChI=1S/C19H34O3.C7H9NS.C2H2.CH4O/c1-15-10-8-6-5-7-9-13-22-17(20)11-12-19(3,4)18(21)16(2)14-15;1-3-4-7-5-9-6(2)8-7;2*1-2/h15-16H,5-14H2,1-4H3;3-5H,1-2H3;1-2H;2H,1H3/b;4-3-;;/t15-,16+;;;/m0.../s1. The van der Waals surface area contributed by atoms with Crippen molar-refractivity contribution >= 4 is 29.2 Å². The molecule has 5 nitrogen and oxygen atoms in total. The molecule has 0 aromatic carbocycles. The SMILES string of the molecule is C#C.C/C=C\c1csc(C)n1.CO.C[C@H]1CCCCCCCOC(=O)CCC(C)(C)C(=O)[C@H](C)C1. The Bertz CT molecular complexity index is 736. The fourth-order valence-corrected chi connectivity index (χ4v) is 4.62. The number of aryl methyl sites for hydroxylation is 1. The third-order valence-electron chi connectivity index (χ3n) is 5.90. The van der Waals surface area contributed by atoms with E-state index in [9.17, 15) is 9.59 Å². The van der Waals surface area contributed by atoms with Crippen LogP contribution >= 0.6 is 11.3 Å². The van der Waals surface area contributed by atoms with Crippen LogP contribution in [0.3, 0.4) is 0 Å². The number of aliphatic hydroxyl groups is 1. The largest absolute Gasteiger partial charge is 0.466 e. The first-order valence-corrected chi connectivity index (χ1v) is 13.6. The van der Waals surface area contributed by atoms with Crippen molar-refractivity contribution in [1.82, 2.24) is 4.98 Å².